The average Bonchev–Trinajstić information content (AvgIpc) is 2.64. The molecular weight excluding hydrogens is 184 g/mol. The standard InChI is InChI=1S/C9H12N2O3/c1-7(9(12)13)2-4-10-6-8-3-5-11-14-8/h2-3,5,10H,4,6H2,1H3,(H,12,13). The van der Waals surface area contributed by atoms with E-state index < -0.39 is 5.97 Å². The molecule has 0 fully saturated rings. The Morgan fingerprint density at radius 1 is 1.79 bits per heavy atom. The Labute approximate surface area is 81.4 Å². The van der Waals surface area contributed by atoms with E-state index in [1.54, 1.807) is 25.3 Å². The Morgan fingerprint density at radius 3 is 3.14 bits per heavy atom. The number of aromatic nitrogens is 1. The first-order valence-corrected chi connectivity index (χ1v) is 4.20. The predicted molar refractivity (Wildman–Crippen MR) is 49.6 cm³/mol. The molecule has 0 aliphatic heterocycles. The van der Waals surface area contributed by atoms with Crippen LogP contribution in [0.15, 0.2) is 28.4 Å². The predicted octanol–water partition coefficient (Wildman–Crippen LogP) is 0.795. The lowest BCUT2D eigenvalue weighted by atomic mass is 10.3. The Hall–Kier alpha value is -1.62. The molecular formula is C9H12N2O3. The maximum atomic E-state index is 10.4. The van der Waals surface area contributed by atoms with Gasteiger partial charge in [-0.05, 0) is 6.92 Å². The van der Waals surface area contributed by atoms with Gasteiger partial charge in [-0.15, -0.1) is 0 Å². The highest BCUT2D eigenvalue weighted by molar-refractivity contribution is 5.85. The van der Waals surface area contributed by atoms with Crippen molar-refractivity contribution in [3.05, 3.63) is 29.7 Å². The largest absolute Gasteiger partial charge is 0.478 e. The molecule has 0 spiro atoms. The van der Waals surface area contributed by atoms with E-state index in [4.69, 9.17) is 9.63 Å². The van der Waals surface area contributed by atoms with Crippen molar-refractivity contribution < 1.29 is 14.4 Å². The minimum absolute atomic E-state index is 0.329. The van der Waals surface area contributed by atoms with Gasteiger partial charge in [0, 0.05) is 18.2 Å². The molecule has 0 aromatic carbocycles. The number of aliphatic carboxylic acids is 1. The molecule has 0 saturated heterocycles. The first-order chi connectivity index (χ1) is 6.70. The fraction of sp³-hybridized carbons (Fsp3) is 0.333. The van der Waals surface area contributed by atoms with Gasteiger partial charge in [0.1, 0.15) is 5.76 Å². The highest BCUT2D eigenvalue weighted by atomic mass is 16.5. The van der Waals surface area contributed by atoms with E-state index in [0.29, 0.717) is 18.7 Å². The third-order valence-corrected chi connectivity index (χ3v) is 1.68. The molecule has 0 aliphatic carbocycles. The van der Waals surface area contributed by atoms with Crippen molar-refractivity contribution in [1.82, 2.24) is 10.5 Å². The highest BCUT2D eigenvalue weighted by Crippen LogP contribution is 1.95. The van der Waals surface area contributed by atoms with Crippen molar-refractivity contribution in [2.45, 2.75) is 13.5 Å². The summed E-state index contributed by atoms with van der Waals surface area (Å²) in [5.41, 5.74) is 0.329. The number of carboxylic acids is 1. The average molecular weight is 196 g/mol. The first-order valence-electron chi connectivity index (χ1n) is 4.20. The van der Waals surface area contributed by atoms with Crippen molar-refractivity contribution in [1.29, 1.82) is 0 Å². The fourth-order valence-electron chi connectivity index (χ4n) is 0.841. The van der Waals surface area contributed by atoms with Crippen LogP contribution >= 0.6 is 0 Å². The summed E-state index contributed by atoms with van der Waals surface area (Å²) in [6.07, 6.45) is 3.17. The minimum Gasteiger partial charge on any atom is -0.478 e. The van der Waals surface area contributed by atoms with Crippen molar-refractivity contribution in [2.24, 2.45) is 0 Å². The molecule has 5 heteroatoms. The van der Waals surface area contributed by atoms with Crippen molar-refractivity contribution in [3.8, 4) is 0 Å². The zero-order valence-corrected chi connectivity index (χ0v) is 7.86. The number of hydrogen-bond acceptors (Lipinski definition) is 4. The van der Waals surface area contributed by atoms with Gasteiger partial charge in [0.25, 0.3) is 0 Å². The van der Waals surface area contributed by atoms with Gasteiger partial charge in [0.2, 0.25) is 0 Å². The normalized spacial score (nSPS) is 11.6. The molecule has 1 rings (SSSR count). The van der Waals surface area contributed by atoms with Gasteiger partial charge in [-0.2, -0.15) is 0 Å². The second-order valence-electron chi connectivity index (χ2n) is 2.80. The number of nitrogens with zero attached hydrogens (tertiary/aromatic N) is 1. The Bertz CT molecular complexity index is 317. The van der Waals surface area contributed by atoms with Crippen LogP contribution in [0.1, 0.15) is 12.7 Å². The van der Waals surface area contributed by atoms with E-state index in [-0.39, 0.29) is 0 Å². The van der Waals surface area contributed by atoms with E-state index in [1.807, 2.05) is 0 Å². The van der Waals surface area contributed by atoms with Gasteiger partial charge in [0.15, 0.2) is 0 Å². The van der Waals surface area contributed by atoms with E-state index in [0.717, 1.165) is 5.76 Å². The van der Waals surface area contributed by atoms with E-state index in [1.165, 1.54) is 0 Å². The van der Waals surface area contributed by atoms with Gasteiger partial charge in [0.05, 0.1) is 12.7 Å². The van der Waals surface area contributed by atoms with Gasteiger partial charge in [-0.25, -0.2) is 4.79 Å². The van der Waals surface area contributed by atoms with Crippen LogP contribution in [0.25, 0.3) is 0 Å². The summed E-state index contributed by atoms with van der Waals surface area (Å²) in [5, 5.41) is 15.1. The summed E-state index contributed by atoms with van der Waals surface area (Å²) in [5.74, 6) is -0.169. The topological polar surface area (TPSA) is 75.4 Å². The number of rotatable bonds is 5. The second-order valence-corrected chi connectivity index (χ2v) is 2.80. The SMILES string of the molecule is CC(=CCNCc1ccno1)C(=O)O. The molecule has 76 valence electrons. The summed E-state index contributed by atoms with van der Waals surface area (Å²) in [7, 11) is 0. The van der Waals surface area contributed by atoms with Gasteiger partial charge in [-0.1, -0.05) is 11.2 Å². The van der Waals surface area contributed by atoms with Crippen molar-refractivity contribution in [2.75, 3.05) is 6.54 Å². The number of nitrogens with one attached hydrogen (secondary N) is 1. The van der Waals surface area contributed by atoms with Crippen LogP contribution in [-0.4, -0.2) is 22.8 Å². The molecule has 1 aromatic rings. The smallest absolute Gasteiger partial charge is 0.330 e. The lowest BCUT2D eigenvalue weighted by Crippen LogP contribution is -2.13. The summed E-state index contributed by atoms with van der Waals surface area (Å²) in [4.78, 5) is 10.4. The van der Waals surface area contributed by atoms with Crippen LogP contribution in [0.4, 0.5) is 0 Å². The Morgan fingerprint density at radius 2 is 2.57 bits per heavy atom. The number of hydrogen-bond donors (Lipinski definition) is 2. The Balaban J connectivity index is 2.23. The van der Waals surface area contributed by atoms with E-state index >= 15 is 0 Å². The van der Waals surface area contributed by atoms with Gasteiger partial charge < -0.3 is 14.9 Å². The lowest BCUT2D eigenvalue weighted by Gasteiger charge is -1.97. The molecule has 2 N–H and O–H groups in total. The molecule has 0 amide bonds. The quantitative estimate of drug-likeness (QED) is 0.538. The van der Waals surface area contributed by atoms with Gasteiger partial charge in [-0.3, -0.25) is 0 Å². The fourth-order valence-corrected chi connectivity index (χ4v) is 0.841. The monoisotopic (exact) mass is 196 g/mol. The molecule has 5 nitrogen and oxygen atoms in total. The van der Waals surface area contributed by atoms with E-state index in [2.05, 4.69) is 10.5 Å². The molecule has 0 aliphatic rings. The molecule has 0 radical (unpaired) electrons. The summed E-state index contributed by atoms with van der Waals surface area (Å²) >= 11 is 0. The zero-order chi connectivity index (χ0) is 10.4. The maximum Gasteiger partial charge on any atom is 0.330 e. The lowest BCUT2D eigenvalue weighted by molar-refractivity contribution is -0.132. The molecule has 0 saturated carbocycles. The minimum atomic E-state index is -0.897. The van der Waals surface area contributed by atoms with Crippen molar-refractivity contribution in [3.63, 3.8) is 0 Å². The zero-order valence-electron chi connectivity index (χ0n) is 7.86. The van der Waals surface area contributed by atoms with Crippen LogP contribution < -0.4 is 5.32 Å². The van der Waals surface area contributed by atoms with Crippen LogP contribution in [0, 0.1) is 0 Å². The first kappa shape index (κ1) is 10.5. The molecule has 0 unspecified atom stereocenters. The summed E-state index contributed by atoms with van der Waals surface area (Å²) < 4.78 is 4.84. The van der Waals surface area contributed by atoms with Gasteiger partial charge >= 0.3 is 5.97 Å². The summed E-state index contributed by atoms with van der Waals surface area (Å²) in [6, 6.07) is 1.75. The maximum absolute atomic E-state index is 10.4. The van der Waals surface area contributed by atoms with Crippen molar-refractivity contribution >= 4 is 5.97 Å². The molecule has 1 heterocycles. The molecule has 0 bridgehead atoms. The van der Waals surface area contributed by atoms with Crippen LogP contribution in [-0.2, 0) is 11.3 Å². The Kier molecular flexibility index (Phi) is 3.87. The highest BCUT2D eigenvalue weighted by Gasteiger charge is 1.98. The molecule has 14 heavy (non-hydrogen) atoms. The van der Waals surface area contributed by atoms with Crippen LogP contribution in [0.3, 0.4) is 0 Å². The molecule has 1 aromatic heterocycles. The van der Waals surface area contributed by atoms with Crippen LogP contribution in [0.2, 0.25) is 0 Å². The number of carboxylic acid groups (broad SMARTS) is 1. The summed E-state index contributed by atoms with van der Waals surface area (Å²) in [6.45, 7) is 2.60. The van der Waals surface area contributed by atoms with E-state index in [9.17, 15) is 4.79 Å². The third-order valence-electron chi connectivity index (χ3n) is 1.68. The number of carbonyl (C=O) groups is 1. The second kappa shape index (κ2) is 5.18. The van der Waals surface area contributed by atoms with Crippen LogP contribution in [0.5, 0.6) is 0 Å². The molecule has 0 atom stereocenters. The third kappa shape index (κ3) is 3.40.